The molecule has 4 rings (SSSR count). The average Bonchev–Trinajstić information content (AvgIpc) is 3.48. The molecule has 3 aromatic rings. The molecule has 0 bridgehead atoms. The Hall–Kier alpha value is -1.79. The molecule has 1 saturated heterocycles. The molecule has 12 heteroatoms. The number of carbonyl (C=O) groups is 1. The van der Waals surface area contributed by atoms with Crippen molar-refractivity contribution in [1.29, 1.82) is 0 Å². The molecule has 2 heterocycles. The number of thiazole rings is 1. The van der Waals surface area contributed by atoms with Crippen LogP contribution in [-0.2, 0) is 26.0 Å². The van der Waals surface area contributed by atoms with Crippen LogP contribution >= 0.6 is 34.5 Å². The van der Waals surface area contributed by atoms with Gasteiger partial charge in [-0.05, 0) is 49.2 Å². The Morgan fingerprint density at radius 1 is 1.23 bits per heavy atom. The van der Waals surface area contributed by atoms with Gasteiger partial charge < -0.3 is 14.0 Å². The van der Waals surface area contributed by atoms with Crippen molar-refractivity contribution in [2.24, 2.45) is 4.99 Å². The molecule has 1 aliphatic heterocycles. The molecule has 188 valence electrons. The van der Waals surface area contributed by atoms with Crippen molar-refractivity contribution in [2.45, 2.75) is 30.4 Å². The molecule has 1 amide bonds. The molecule has 0 N–H and O–H groups in total. The van der Waals surface area contributed by atoms with E-state index in [9.17, 15) is 13.2 Å². The van der Waals surface area contributed by atoms with Gasteiger partial charge in [0.05, 0.1) is 37.9 Å². The number of hydrogen-bond acceptors (Lipinski definition) is 6. The van der Waals surface area contributed by atoms with Crippen LogP contribution in [0.1, 0.15) is 23.2 Å². The van der Waals surface area contributed by atoms with Crippen LogP contribution < -0.4 is 4.80 Å². The second-order valence-corrected chi connectivity index (χ2v) is 11.9. The van der Waals surface area contributed by atoms with E-state index in [1.807, 2.05) is 0 Å². The molecule has 0 spiro atoms. The van der Waals surface area contributed by atoms with Crippen molar-refractivity contribution in [2.75, 3.05) is 33.9 Å². The van der Waals surface area contributed by atoms with Gasteiger partial charge in [-0.1, -0.05) is 34.5 Å². The summed E-state index contributed by atoms with van der Waals surface area (Å²) >= 11 is 14.0. The minimum atomic E-state index is -3.71. The van der Waals surface area contributed by atoms with E-state index in [-0.39, 0.29) is 23.1 Å². The van der Waals surface area contributed by atoms with E-state index in [1.165, 1.54) is 47.0 Å². The molecular weight excluding hydrogens is 533 g/mol. The number of sulfonamides is 1. The highest BCUT2D eigenvalue weighted by Crippen LogP contribution is 2.32. The summed E-state index contributed by atoms with van der Waals surface area (Å²) in [7, 11) is -0.593. The number of methoxy groups -OCH3 is 1. The Morgan fingerprint density at radius 2 is 1.94 bits per heavy atom. The van der Waals surface area contributed by atoms with Crippen molar-refractivity contribution < 1.29 is 22.7 Å². The zero-order valence-corrected chi connectivity index (χ0v) is 22.4. The number of benzene rings is 2. The Morgan fingerprint density at radius 3 is 2.60 bits per heavy atom. The third kappa shape index (κ3) is 5.64. The Balaban J connectivity index is 1.62. The van der Waals surface area contributed by atoms with E-state index < -0.39 is 15.9 Å². The first-order chi connectivity index (χ1) is 16.7. The fraction of sp³-hybridized carbons (Fsp3) is 0.391. The van der Waals surface area contributed by atoms with E-state index in [0.29, 0.717) is 40.1 Å². The van der Waals surface area contributed by atoms with Crippen LogP contribution in [0, 0.1) is 0 Å². The van der Waals surface area contributed by atoms with Crippen molar-refractivity contribution in [3.8, 4) is 0 Å². The number of fused-ring (bicyclic) bond motifs is 1. The molecule has 35 heavy (non-hydrogen) atoms. The number of ether oxygens (including phenoxy) is 2. The standard InChI is InChI=1S/C23H25Cl2N3O5S2/c1-27(14-16-4-3-12-33-16)35(30,31)17-7-5-15(6-8-17)22(29)26-23-28(11-13-32-2)20-18(24)9-10-19(25)21(20)34-23/h5-10,16H,3-4,11-14H2,1-2H3. The molecule has 8 nitrogen and oxygen atoms in total. The highest BCUT2D eigenvalue weighted by Gasteiger charge is 2.26. The zero-order chi connectivity index (χ0) is 25.2. The third-order valence-corrected chi connectivity index (χ3v) is 9.42. The van der Waals surface area contributed by atoms with Crippen molar-refractivity contribution in [3.05, 3.63) is 56.8 Å². The summed E-state index contributed by atoms with van der Waals surface area (Å²) < 4.78 is 40.4. The first-order valence-corrected chi connectivity index (χ1v) is 14.0. The molecule has 1 atom stereocenters. The van der Waals surface area contributed by atoms with Gasteiger partial charge in [0.1, 0.15) is 0 Å². The second kappa shape index (κ2) is 11.1. The van der Waals surface area contributed by atoms with Crippen LogP contribution in [0.3, 0.4) is 0 Å². The number of hydrogen-bond donors (Lipinski definition) is 0. The van der Waals surface area contributed by atoms with E-state index in [1.54, 1.807) is 23.8 Å². The lowest BCUT2D eigenvalue weighted by atomic mass is 10.2. The van der Waals surface area contributed by atoms with Crippen LogP contribution in [-0.4, -0.2) is 63.2 Å². The van der Waals surface area contributed by atoms with Gasteiger partial charge in [0.15, 0.2) is 4.80 Å². The minimum Gasteiger partial charge on any atom is -0.383 e. The Bertz CT molecular complexity index is 1400. The number of halogens is 2. The molecule has 0 saturated carbocycles. The Labute approximate surface area is 217 Å². The highest BCUT2D eigenvalue weighted by atomic mass is 35.5. The minimum absolute atomic E-state index is 0.0949. The predicted octanol–water partition coefficient (Wildman–Crippen LogP) is 4.20. The SMILES string of the molecule is COCCn1c(=NC(=O)c2ccc(S(=O)(=O)N(C)CC3CCCO3)cc2)sc2c(Cl)ccc(Cl)c21. The Kier molecular flexibility index (Phi) is 8.32. The molecule has 1 unspecified atom stereocenters. The van der Waals surface area contributed by atoms with E-state index in [0.717, 1.165) is 17.5 Å². The number of rotatable bonds is 8. The van der Waals surface area contributed by atoms with Crippen LogP contribution in [0.25, 0.3) is 10.2 Å². The maximum absolute atomic E-state index is 13.0. The van der Waals surface area contributed by atoms with Gasteiger partial charge in [0.25, 0.3) is 5.91 Å². The number of carbonyl (C=O) groups excluding carboxylic acids is 1. The smallest absolute Gasteiger partial charge is 0.279 e. The van der Waals surface area contributed by atoms with Gasteiger partial charge >= 0.3 is 0 Å². The monoisotopic (exact) mass is 557 g/mol. The van der Waals surface area contributed by atoms with E-state index in [2.05, 4.69) is 4.99 Å². The van der Waals surface area contributed by atoms with Crippen LogP contribution in [0.2, 0.25) is 10.0 Å². The van der Waals surface area contributed by atoms with Gasteiger partial charge in [-0.15, -0.1) is 0 Å². The summed E-state index contributed by atoms with van der Waals surface area (Å²) in [4.78, 5) is 17.8. The lowest BCUT2D eigenvalue weighted by Crippen LogP contribution is -2.34. The van der Waals surface area contributed by atoms with Gasteiger partial charge in [0, 0.05) is 39.4 Å². The summed E-state index contributed by atoms with van der Waals surface area (Å²) in [6.45, 7) is 1.76. The first kappa shape index (κ1) is 26.3. The second-order valence-electron chi connectivity index (χ2n) is 8.10. The molecular formula is C23H25Cl2N3O5S2. The quantitative estimate of drug-likeness (QED) is 0.414. The van der Waals surface area contributed by atoms with E-state index >= 15 is 0 Å². The van der Waals surface area contributed by atoms with Crippen LogP contribution in [0.4, 0.5) is 0 Å². The zero-order valence-electron chi connectivity index (χ0n) is 19.2. The topological polar surface area (TPSA) is 90.2 Å². The average molecular weight is 559 g/mol. The molecule has 1 aliphatic rings. The fourth-order valence-electron chi connectivity index (χ4n) is 3.86. The maximum Gasteiger partial charge on any atom is 0.279 e. The lowest BCUT2D eigenvalue weighted by molar-refractivity contribution is 0.0979. The highest BCUT2D eigenvalue weighted by molar-refractivity contribution is 7.89. The van der Waals surface area contributed by atoms with Gasteiger partial charge in [0.2, 0.25) is 10.0 Å². The predicted molar refractivity (Wildman–Crippen MR) is 137 cm³/mol. The molecule has 1 aromatic heterocycles. The van der Waals surface area contributed by atoms with Gasteiger partial charge in [-0.25, -0.2) is 8.42 Å². The number of likely N-dealkylation sites (N-methyl/N-ethyl adjacent to an activating group) is 1. The van der Waals surface area contributed by atoms with Crippen molar-refractivity contribution in [3.63, 3.8) is 0 Å². The first-order valence-electron chi connectivity index (χ1n) is 11.0. The molecule has 0 radical (unpaired) electrons. The summed E-state index contributed by atoms with van der Waals surface area (Å²) in [6, 6.07) is 9.16. The number of aromatic nitrogens is 1. The number of nitrogens with zero attached hydrogens (tertiary/aromatic N) is 3. The largest absolute Gasteiger partial charge is 0.383 e. The third-order valence-electron chi connectivity index (χ3n) is 5.74. The summed E-state index contributed by atoms with van der Waals surface area (Å²) in [5, 5.41) is 1.00. The van der Waals surface area contributed by atoms with Crippen molar-refractivity contribution >= 4 is 60.7 Å². The van der Waals surface area contributed by atoms with Crippen LogP contribution in [0.5, 0.6) is 0 Å². The molecule has 0 aliphatic carbocycles. The molecule has 2 aromatic carbocycles. The van der Waals surface area contributed by atoms with Crippen molar-refractivity contribution in [1.82, 2.24) is 8.87 Å². The van der Waals surface area contributed by atoms with E-state index in [4.69, 9.17) is 32.7 Å². The number of amides is 1. The van der Waals surface area contributed by atoms with Gasteiger partial charge in [-0.2, -0.15) is 9.30 Å². The van der Waals surface area contributed by atoms with Crippen LogP contribution in [0.15, 0.2) is 46.3 Å². The summed E-state index contributed by atoms with van der Waals surface area (Å²) in [5.41, 5.74) is 0.946. The summed E-state index contributed by atoms with van der Waals surface area (Å²) in [5.74, 6) is -0.508. The fourth-order valence-corrected chi connectivity index (χ4v) is 6.73. The summed E-state index contributed by atoms with van der Waals surface area (Å²) in [6.07, 6.45) is 1.68. The van der Waals surface area contributed by atoms with Gasteiger partial charge in [-0.3, -0.25) is 4.79 Å². The normalized spacial score (nSPS) is 17.1. The maximum atomic E-state index is 13.0. The lowest BCUT2D eigenvalue weighted by Gasteiger charge is -2.20. The molecule has 1 fully saturated rings.